The molecule has 0 spiro atoms. The largest absolute Gasteiger partial charge is 0.351 e. The summed E-state index contributed by atoms with van der Waals surface area (Å²) in [5.41, 5.74) is 0.104. The van der Waals surface area contributed by atoms with Crippen LogP contribution in [0.15, 0.2) is 18.2 Å². The molecule has 5 nitrogen and oxygen atoms in total. The number of rotatable bonds is 3. The van der Waals surface area contributed by atoms with Crippen LogP contribution in [0.3, 0.4) is 0 Å². The molecule has 0 aromatic heterocycles. The van der Waals surface area contributed by atoms with E-state index in [4.69, 9.17) is 5.26 Å². The van der Waals surface area contributed by atoms with Crippen molar-refractivity contribution in [3.8, 4) is 6.07 Å². The Labute approximate surface area is 127 Å². The van der Waals surface area contributed by atoms with Gasteiger partial charge in [0, 0.05) is 12.0 Å². The van der Waals surface area contributed by atoms with Crippen molar-refractivity contribution in [2.45, 2.75) is 37.8 Å². The van der Waals surface area contributed by atoms with Crippen molar-refractivity contribution in [2.24, 2.45) is 5.92 Å². The number of nitrogens with one attached hydrogen (secondary N) is 2. The summed E-state index contributed by atoms with van der Waals surface area (Å²) in [5.74, 6) is -0.531. The molecule has 0 bridgehead atoms. The first kappa shape index (κ1) is 14.5. The fourth-order valence-corrected chi connectivity index (χ4v) is 2.89. The van der Waals surface area contributed by atoms with E-state index in [1.165, 1.54) is 12.1 Å². The molecule has 114 valence electrons. The highest BCUT2D eigenvalue weighted by Crippen LogP contribution is 2.36. The summed E-state index contributed by atoms with van der Waals surface area (Å²) in [5, 5.41) is 14.7. The van der Waals surface area contributed by atoms with E-state index < -0.39 is 5.82 Å². The van der Waals surface area contributed by atoms with Crippen LogP contribution in [0.2, 0.25) is 0 Å². The molecule has 0 unspecified atom stereocenters. The van der Waals surface area contributed by atoms with E-state index in [1.54, 1.807) is 6.07 Å². The number of piperidine rings is 1. The van der Waals surface area contributed by atoms with E-state index in [2.05, 4.69) is 10.6 Å². The summed E-state index contributed by atoms with van der Waals surface area (Å²) < 4.78 is 13.3. The average Bonchev–Trinajstić information content (AvgIpc) is 3.34. The number of nitriles is 1. The molecule has 6 heteroatoms. The van der Waals surface area contributed by atoms with Gasteiger partial charge in [0.05, 0.1) is 17.6 Å². The molecule has 1 aromatic carbocycles. The van der Waals surface area contributed by atoms with Crippen molar-refractivity contribution in [1.82, 2.24) is 10.6 Å². The Kier molecular flexibility index (Phi) is 3.80. The maximum absolute atomic E-state index is 13.3. The van der Waals surface area contributed by atoms with Crippen LogP contribution in [-0.2, 0) is 4.79 Å². The second kappa shape index (κ2) is 5.76. The summed E-state index contributed by atoms with van der Waals surface area (Å²) in [6.07, 6.45) is 3.12. The number of amides is 2. The van der Waals surface area contributed by atoms with Crippen LogP contribution in [0.25, 0.3) is 0 Å². The van der Waals surface area contributed by atoms with Gasteiger partial charge in [-0.1, -0.05) is 0 Å². The molecule has 2 N–H and O–H groups in total. The molecule has 22 heavy (non-hydrogen) atoms. The molecule has 2 aliphatic rings. The molecule has 0 radical (unpaired) electrons. The van der Waals surface area contributed by atoms with Crippen LogP contribution in [-0.4, -0.2) is 23.9 Å². The lowest BCUT2D eigenvalue weighted by atomic mass is 9.94. The van der Waals surface area contributed by atoms with Crippen molar-refractivity contribution in [3.05, 3.63) is 35.1 Å². The van der Waals surface area contributed by atoms with Gasteiger partial charge in [0.15, 0.2) is 0 Å². The van der Waals surface area contributed by atoms with Gasteiger partial charge in [0.1, 0.15) is 11.9 Å². The maximum Gasteiger partial charge on any atom is 0.251 e. The molecule has 1 aromatic rings. The number of hydrogen-bond donors (Lipinski definition) is 2. The number of carbonyl (C=O) groups excluding carboxylic acids is 2. The SMILES string of the molecule is N#Cc1cc(C(=O)N[C@@H]2CCC(=O)N[C@H]2C2CC2)ccc1F. The predicted octanol–water partition coefficient (Wildman–Crippen LogP) is 1.48. The zero-order chi connectivity index (χ0) is 15.7. The van der Waals surface area contributed by atoms with Crippen LogP contribution in [0, 0.1) is 23.1 Å². The van der Waals surface area contributed by atoms with Gasteiger partial charge in [0.2, 0.25) is 5.91 Å². The smallest absolute Gasteiger partial charge is 0.251 e. The third-order valence-electron chi connectivity index (χ3n) is 4.24. The Morgan fingerprint density at radius 2 is 2.14 bits per heavy atom. The second-order valence-corrected chi connectivity index (χ2v) is 5.86. The molecule has 1 heterocycles. The molecule has 1 aliphatic carbocycles. The molecule has 1 saturated carbocycles. The van der Waals surface area contributed by atoms with Crippen LogP contribution in [0.1, 0.15) is 41.6 Å². The second-order valence-electron chi connectivity index (χ2n) is 5.86. The third kappa shape index (κ3) is 2.93. The Balaban J connectivity index is 1.73. The molecular weight excluding hydrogens is 285 g/mol. The molecular formula is C16H16FN3O2. The molecule has 2 amide bonds. The van der Waals surface area contributed by atoms with E-state index in [0.717, 1.165) is 18.9 Å². The van der Waals surface area contributed by atoms with E-state index in [0.29, 0.717) is 18.8 Å². The highest BCUT2D eigenvalue weighted by atomic mass is 19.1. The zero-order valence-corrected chi connectivity index (χ0v) is 11.9. The lowest BCUT2D eigenvalue weighted by Gasteiger charge is -2.33. The predicted molar refractivity (Wildman–Crippen MR) is 76.3 cm³/mol. The van der Waals surface area contributed by atoms with Crippen LogP contribution in [0.4, 0.5) is 4.39 Å². The molecule has 3 rings (SSSR count). The molecule has 2 atom stereocenters. The van der Waals surface area contributed by atoms with Crippen LogP contribution >= 0.6 is 0 Å². The normalized spacial score (nSPS) is 24.3. The van der Waals surface area contributed by atoms with Gasteiger partial charge in [0.25, 0.3) is 5.91 Å². The minimum absolute atomic E-state index is 0.0240. The third-order valence-corrected chi connectivity index (χ3v) is 4.24. The van der Waals surface area contributed by atoms with Gasteiger partial charge in [-0.2, -0.15) is 5.26 Å². The summed E-state index contributed by atoms with van der Waals surface area (Å²) in [6, 6.07) is 5.31. The number of hydrogen-bond acceptors (Lipinski definition) is 3. The van der Waals surface area contributed by atoms with Crippen molar-refractivity contribution in [2.75, 3.05) is 0 Å². The Morgan fingerprint density at radius 3 is 2.82 bits per heavy atom. The highest BCUT2D eigenvalue weighted by molar-refractivity contribution is 5.95. The topological polar surface area (TPSA) is 82.0 Å². The van der Waals surface area contributed by atoms with E-state index >= 15 is 0 Å². The number of halogens is 1. The average molecular weight is 301 g/mol. The molecule has 1 saturated heterocycles. The summed E-state index contributed by atoms with van der Waals surface area (Å²) in [6.45, 7) is 0. The minimum Gasteiger partial charge on any atom is -0.351 e. The lowest BCUT2D eigenvalue weighted by molar-refractivity contribution is -0.124. The van der Waals surface area contributed by atoms with Crippen molar-refractivity contribution in [3.63, 3.8) is 0 Å². The Morgan fingerprint density at radius 1 is 1.36 bits per heavy atom. The van der Waals surface area contributed by atoms with Gasteiger partial charge < -0.3 is 10.6 Å². The zero-order valence-electron chi connectivity index (χ0n) is 11.9. The van der Waals surface area contributed by atoms with Gasteiger partial charge >= 0.3 is 0 Å². The minimum atomic E-state index is -0.639. The summed E-state index contributed by atoms with van der Waals surface area (Å²) >= 11 is 0. The first-order valence-electron chi connectivity index (χ1n) is 7.38. The Hall–Kier alpha value is -2.42. The van der Waals surface area contributed by atoms with Crippen LogP contribution < -0.4 is 10.6 Å². The van der Waals surface area contributed by atoms with Crippen LogP contribution in [0.5, 0.6) is 0 Å². The number of benzene rings is 1. The van der Waals surface area contributed by atoms with Gasteiger partial charge in [-0.05, 0) is 43.4 Å². The number of nitrogens with zero attached hydrogens (tertiary/aromatic N) is 1. The van der Waals surface area contributed by atoms with E-state index in [-0.39, 0.29) is 35.0 Å². The highest BCUT2D eigenvalue weighted by Gasteiger charge is 2.40. The van der Waals surface area contributed by atoms with Gasteiger partial charge in [-0.25, -0.2) is 4.39 Å². The van der Waals surface area contributed by atoms with E-state index in [9.17, 15) is 14.0 Å². The van der Waals surface area contributed by atoms with E-state index in [1.807, 2.05) is 0 Å². The first-order valence-corrected chi connectivity index (χ1v) is 7.38. The molecule has 2 fully saturated rings. The van der Waals surface area contributed by atoms with Gasteiger partial charge in [-0.3, -0.25) is 9.59 Å². The lowest BCUT2D eigenvalue weighted by Crippen LogP contribution is -2.56. The fourth-order valence-electron chi connectivity index (χ4n) is 2.89. The number of carbonyl (C=O) groups is 2. The van der Waals surface area contributed by atoms with Crippen molar-refractivity contribution < 1.29 is 14.0 Å². The maximum atomic E-state index is 13.3. The monoisotopic (exact) mass is 301 g/mol. The Bertz CT molecular complexity index is 664. The quantitative estimate of drug-likeness (QED) is 0.887. The van der Waals surface area contributed by atoms with Gasteiger partial charge in [-0.15, -0.1) is 0 Å². The van der Waals surface area contributed by atoms with Crippen molar-refractivity contribution in [1.29, 1.82) is 5.26 Å². The first-order chi connectivity index (χ1) is 10.6. The van der Waals surface area contributed by atoms with Crippen molar-refractivity contribution >= 4 is 11.8 Å². The standard InChI is InChI=1S/C16H16FN3O2/c17-12-4-3-10(7-11(12)8-18)16(22)19-13-5-6-14(21)20-15(13)9-1-2-9/h3-4,7,9,13,15H,1-2,5-6H2,(H,19,22)(H,20,21)/t13-,15+/m1/s1. The fraction of sp³-hybridized carbons (Fsp3) is 0.438. The molecule has 1 aliphatic heterocycles. The summed E-state index contributed by atoms with van der Waals surface area (Å²) in [4.78, 5) is 23.8. The summed E-state index contributed by atoms with van der Waals surface area (Å²) in [7, 11) is 0.